The van der Waals surface area contributed by atoms with Crippen molar-refractivity contribution in [3.05, 3.63) is 70.7 Å². The highest BCUT2D eigenvalue weighted by atomic mass is 35.5. The molecule has 0 aliphatic carbocycles. The van der Waals surface area contributed by atoms with E-state index in [1.165, 1.54) is 0 Å². The van der Waals surface area contributed by atoms with Gasteiger partial charge in [-0.3, -0.25) is 5.32 Å². The number of carbonyl (C=O) groups excluding carboxylic acids is 1. The first kappa shape index (κ1) is 14.7. The summed E-state index contributed by atoms with van der Waals surface area (Å²) < 4.78 is 5.38. The van der Waals surface area contributed by atoms with E-state index in [-0.39, 0.29) is 10.8 Å². The zero-order valence-electron chi connectivity index (χ0n) is 11.3. The molecule has 5 heteroatoms. The van der Waals surface area contributed by atoms with Crippen LogP contribution >= 0.6 is 23.2 Å². The molecule has 0 saturated heterocycles. The number of carbonyl (C=O) groups is 1. The molecule has 0 unspecified atom stereocenters. The van der Waals surface area contributed by atoms with Gasteiger partial charge in [-0.05, 0) is 18.2 Å². The number of amides is 1. The van der Waals surface area contributed by atoms with Crippen molar-refractivity contribution in [3.63, 3.8) is 0 Å². The number of hydrogen-bond donors (Lipinski definition) is 1. The van der Waals surface area contributed by atoms with Crippen molar-refractivity contribution in [1.29, 1.82) is 0 Å². The zero-order chi connectivity index (χ0) is 15.5. The third-order valence-electron chi connectivity index (χ3n) is 3.11. The Hall–Kier alpha value is -2.23. The Balaban J connectivity index is 1.92. The molecule has 0 atom stereocenters. The van der Waals surface area contributed by atoms with Gasteiger partial charge < -0.3 is 4.74 Å². The van der Waals surface area contributed by atoms with Crippen molar-refractivity contribution in [2.45, 2.75) is 0 Å². The van der Waals surface area contributed by atoms with Gasteiger partial charge in [0, 0.05) is 16.5 Å². The number of halogens is 2. The standard InChI is InChI=1S/C17H11Cl2NO2/c18-14-10-15(19)16(13-9-5-4-8-12(13)14)22-17(21)20-11-6-2-1-3-7-11/h1-10H,(H,20,21). The van der Waals surface area contributed by atoms with Crippen LogP contribution in [0.4, 0.5) is 10.5 Å². The lowest BCUT2D eigenvalue weighted by atomic mass is 10.1. The number of ether oxygens (including phenoxy) is 1. The van der Waals surface area contributed by atoms with Gasteiger partial charge in [0.05, 0.1) is 10.0 Å². The second-order valence-electron chi connectivity index (χ2n) is 4.60. The lowest BCUT2D eigenvalue weighted by molar-refractivity contribution is 0.216. The van der Waals surface area contributed by atoms with E-state index >= 15 is 0 Å². The predicted molar refractivity (Wildman–Crippen MR) is 90.1 cm³/mol. The summed E-state index contributed by atoms with van der Waals surface area (Å²) in [5, 5.41) is 4.90. The predicted octanol–water partition coefficient (Wildman–Crippen LogP) is 5.76. The summed E-state index contributed by atoms with van der Waals surface area (Å²) in [6.45, 7) is 0. The topological polar surface area (TPSA) is 38.3 Å². The summed E-state index contributed by atoms with van der Waals surface area (Å²) >= 11 is 12.3. The van der Waals surface area contributed by atoms with Gasteiger partial charge in [0.15, 0.2) is 5.75 Å². The van der Waals surface area contributed by atoms with E-state index in [2.05, 4.69) is 5.32 Å². The molecule has 3 rings (SSSR count). The van der Waals surface area contributed by atoms with Gasteiger partial charge in [0.1, 0.15) is 0 Å². The number of hydrogen-bond acceptors (Lipinski definition) is 2. The molecule has 3 aromatic carbocycles. The Labute approximate surface area is 137 Å². The van der Waals surface area contributed by atoms with E-state index in [1.54, 1.807) is 24.3 Å². The fraction of sp³-hybridized carbons (Fsp3) is 0. The molecule has 0 saturated carbocycles. The molecule has 0 heterocycles. The molecular formula is C17H11Cl2NO2. The average Bonchev–Trinajstić information content (AvgIpc) is 2.52. The third kappa shape index (κ3) is 3.01. The first-order valence-corrected chi connectivity index (χ1v) is 7.31. The van der Waals surface area contributed by atoms with Crippen LogP contribution < -0.4 is 10.1 Å². The quantitative estimate of drug-likeness (QED) is 0.648. The molecule has 1 amide bonds. The van der Waals surface area contributed by atoms with Gasteiger partial charge in [-0.15, -0.1) is 0 Å². The van der Waals surface area contributed by atoms with E-state index in [1.807, 2.05) is 36.4 Å². The average molecular weight is 332 g/mol. The Kier molecular flexibility index (Phi) is 4.18. The number of fused-ring (bicyclic) bond motifs is 1. The minimum Gasteiger partial charge on any atom is -0.408 e. The van der Waals surface area contributed by atoms with Crippen molar-refractivity contribution >= 4 is 45.8 Å². The van der Waals surface area contributed by atoms with E-state index in [0.717, 1.165) is 5.39 Å². The van der Waals surface area contributed by atoms with Crippen molar-refractivity contribution in [2.75, 3.05) is 5.32 Å². The second kappa shape index (κ2) is 6.26. The minimum atomic E-state index is -0.611. The second-order valence-corrected chi connectivity index (χ2v) is 5.41. The number of benzene rings is 3. The van der Waals surface area contributed by atoms with Crippen LogP contribution in [0.2, 0.25) is 10.0 Å². The summed E-state index contributed by atoms with van der Waals surface area (Å²) in [7, 11) is 0. The SMILES string of the molecule is O=C(Nc1ccccc1)Oc1c(Cl)cc(Cl)c2ccccc12. The van der Waals surface area contributed by atoms with Gasteiger partial charge >= 0.3 is 6.09 Å². The van der Waals surface area contributed by atoms with Gasteiger partial charge in [-0.25, -0.2) is 4.79 Å². The molecule has 3 nitrogen and oxygen atoms in total. The van der Waals surface area contributed by atoms with Crippen molar-refractivity contribution < 1.29 is 9.53 Å². The van der Waals surface area contributed by atoms with Crippen molar-refractivity contribution in [1.82, 2.24) is 0 Å². The first-order valence-electron chi connectivity index (χ1n) is 6.56. The van der Waals surface area contributed by atoms with E-state index < -0.39 is 6.09 Å². The highest BCUT2D eigenvalue weighted by molar-refractivity contribution is 6.40. The number of anilines is 1. The number of para-hydroxylation sites is 1. The maximum absolute atomic E-state index is 12.0. The largest absolute Gasteiger partial charge is 0.417 e. The van der Waals surface area contributed by atoms with Crippen molar-refractivity contribution in [3.8, 4) is 5.75 Å². The molecule has 0 aliphatic rings. The summed E-state index contributed by atoms with van der Waals surface area (Å²) in [6.07, 6.45) is -0.611. The van der Waals surface area contributed by atoms with Crippen LogP contribution in [0.15, 0.2) is 60.7 Å². The molecule has 0 aliphatic heterocycles. The molecular weight excluding hydrogens is 321 g/mol. The molecule has 0 aromatic heterocycles. The zero-order valence-corrected chi connectivity index (χ0v) is 12.9. The monoisotopic (exact) mass is 331 g/mol. The third-order valence-corrected chi connectivity index (χ3v) is 3.71. The first-order chi connectivity index (χ1) is 10.6. The molecule has 3 aromatic rings. The van der Waals surface area contributed by atoms with Gasteiger partial charge in [-0.2, -0.15) is 0 Å². The fourth-order valence-electron chi connectivity index (χ4n) is 2.13. The summed E-state index contributed by atoms with van der Waals surface area (Å²) in [6, 6.07) is 17.9. The number of rotatable bonds is 2. The maximum Gasteiger partial charge on any atom is 0.417 e. The molecule has 0 spiro atoms. The molecule has 110 valence electrons. The fourth-order valence-corrected chi connectivity index (χ4v) is 2.71. The Bertz CT molecular complexity index is 835. The molecule has 0 radical (unpaired) electrons. The molecule has 1 N–H and O–H groups in total. The van der Waals surface area contributed by atoms with Crippen LogP contribution in [0.25, 0.3) is 10.8 Å². The molecule has 0 fully saturated rings. The van der Waals surface area contributed by atoms with Crippen LogP contribution in [0.1, 0.15) is 0 Å². The minimum absolute atomic E-state index is 0.284. The van der Waals surface area contributed by atoms with Crippen LogP contribution in [0.5, 0.6) is 5.75 Å². The van der Waals surface area contributed by atoms with Gasteiger partial charge in [0.25, 0.3) is 0 Å². The van der Waals surface area contributed by atoms with Crippen LogP contribution in [0.3, 0.4) is 0 Å². The summed E-state index contributed by atoms with van der Waals surface area (Å²) in [5.74, 6) is 0.287. The summed E-state index contributed by atoms with van der Waals surface area (Å²) in [4.78, 5) is 12.0. The Morgan fingerprint density at radius 2 is 1.50 bits per heavy atom. The lowest BCUT2D eigenvalue weighted by Gasteiger charge is -2.11. The molecule has 0 bridgehead atoms. The lowest BCUT2D eigenvalue weighted by Crippen LogP contribution is -2.17. The Morgan fingerprint density at radius 3 is 2.23 bits per heavy atom. The van der Waals surface area contributed by atoms with E-state index in [9.17, 15) is 4.79 Å². The maximum atomic E-state index is 12.0. The van der Waals surface area contributed by atoms with E-state index in [0.29, 0.717) is 16.1 Å². The van der Waals surface area contributed by atoms with Crippen LogP contribution in [-0.2, 0) is 0 Å². The van der Waals surface area contributed by atoms with Gasteiger partial charge in [-0.1, -0.05) is 65.7 Å². The normalized spacial score (nSPS) is 10.5. The number of nitrogens with one attached hydrogen (secondary N) is 1. The van der Waals surface area contributed by atoms with Crippen LogP contribution in [-0.4, -0.2) is 6.09 Å². The highest BCUT2D eigenvalue weighted by Crippen LogP contribution is 2.38. The summed E-state index contributed by atoms with van der Waals surface area (Å²) in [5.41, 5.74) is 0.641. The van der Waals surface area contributed by atoms with E-state index in [4.69, 9.17) is 27.9 Å². The molecule has 22 heavy (non-hydrogen) atoms. The van der Waals surface area contributed by atoms with Crippen molar-refractivity contribution in [2.24, 2.45) is 0 Å². The Morgan fingerprint density at radius 1 is 0.864 bits per heavy atom. The van der Waals surface area contributed by atoms with Gasteiger partial charge in [0.2, 0.25) is 0 Å². The smallest absolute Gasteiger partial charge is 0.408 e. The highest BCUT2D eigenvalue weighted by Gasteiger charge is 2.14. The van der Waals surface area contributed by atoms with Crippen LogP contribution in [0, 0.1) is 0 Å².